The molecule has 0 bridgehead atoms. The highest BCUT2D eigenvalue weighted by Gasteiger charge is 2.29. The molecular formula is C19H16N6O3S. The second-order valence-electron chi connectivity index (χ2n) is 6.38. The molecule has 0 atom stereocenters. The van der Waals surface area contributed by atoms with E-state index >= 15 is 0 Å². The summed E-state index contributed by atoms with van der Waals surface area (Å²) in [5, 5.41) is 14.0. The lowest BCUT2D eigenvalue weighted by Gasteiger charge is -2.13. The summed E-state index contributed by atoms with van der Waals surface area (Å²) >= 11 is 0.988. The van der Waals surface area contributed by atoms with Crippen LogP contribution in [0.15, 0.2) is 48.5 Å². The number of hydrogen-bond acceptors (Lipinski definition) is 7. The number of hydrogen-bond donors (Lipinski definition) is 1. The normalized spacial score (nSPS) is 13.8. The molecule has 9 nitrogen and oxygen atoms in total. The fourth-order valence-electron chi connectivity index (χ4n) is 2.92. The van der Waals surface area contributed by atoms with Gasteiger partial charge in [-0.05, 0) is 53.2 Å². The Morgan fingerprint density at radius 1 is 1.17 bits per heavy atom. The molecule has 1 aliphatic heterocycles. The Morgan fingerprint density at radius 2 is 2.00 bits per heavy atom. The van der Waals surface area contributed by atoms with E-state index in [-0.39, 0.29) is 29.4 Å². The van der Waals surface area contributed by atoms with Gasteiger partial charge in [0.2, 0.25) is 5.91 Å². The predicted octanol–water partition coefficient (Wildman–Crippen LogP) is 2.42. The molecule has 0 saturated carbocycles. The Bertz CT molecular complexity index is 1100. The molecule has 146 valence electrons. The molecule has 1 aliphatic rings. The van der Waals surface area contributed by atoms with Crippen LogP contribution in [-0.2, 0) is 11.3 Å². The van der Waals surface area contributed by atoms with Crippen LogP contribution in [0.3, 0.4) is 0 Å². The third-order valence-electron chi connectivity index (χ3n) is 4.34. The summed E-state index contributed by atoms with van der Waals surface area (Å²) in [4.78, 5) is 37.4. The number of rotatable bonds is 5. The number of amides is 3. The van der Waals surface area contributed by atoms with Crippen LogP contribution in [0.4, 0.5) is 10.5 Å². The summed E-state index contributed by atoms with van der Waals surface area (Å²) in [5.74, 6) is 0.275. The van der Waals surface area contributed by atoms with Crippen LogP contribution in [-0.4, -0.2) is 47.9 Å². The minimum atomic E-state index is -0.300. The van der Waals surface area contributed by atoms with E-state index in [4.69, 9.17) is 0 Å². The minimum Gasteiger partial charge on any atom is -0.322 e. The lowest BCUT2D eigenvalue weighted by molar-refractivity contribution is -0.125. The van der Waals surface area contributed by atoms with Gasteiger partial charge in [0.1, 0.15) is 0 Å². The molecule has 1 fully saturated rings. The van der Waals surface area contributed by atoms with Crippen molar-refractivity contribution in [1.29, 1.82) is 0 Å². The van der Waals surface area contributed by atoms with Gasteiger partial charge in [-0.15, -0.1) is 5.10 Å². The fraction of sp³-hybridized carbons (Fsp3) is 0.158. The third kappa shape index (κ3) is 4.02. The Morgan fingerprint density at radius 3 is 2.72 bits per heavy atom. The first kappa shape index (κ1) is 18.8. The number of imide groups is 1. The summed E-state index contributed by atoms with van der Waals surface area (Å²) in [7, 11) is 0. The number of aryl methyl sites for hydroxylation is 1. The van der Waals surface area contributed by atoms with E-state index < -0.39 is 0 Å². The Hall–Kier alpha value is -3.53. The second-order valence-corrected chi connectivity index (χ2v) is 7.30. The molecule has 2 heterocycles. The number of carbonyl (C=O) groups excluding carboxylic acids is 3. The highest BCUT2D eigenvalue weighted by molar-refractivity contribution is 8.14. The highest BCUT2D eigenvalue weighted by atomic mass is 32.2. The van der Waals surface area contributed by atoms with E-state index in [1.165, 1.54) is 4.90 Å². The van der Waals surface area contributed by atoms with Gasteiger partial charge in [-0.3, -0.25) is 19.3 Å². The first-order valence-electron chi connectivity index (χ1n) is 8.74. The highest BCUT2D eigenvalue weighted by Crippen LogP contribution is 2.22. The molecule has 0 aliphatic carbocycles. The molecule has 0 unspecified atom stereocenters. The number of carbonyl (C=O) groups is 3. The van der Waals surface area contributed by atoms with E-state index in [2.05, 4.69) is 20.8 Å². The van der Waals surface area contributed by atoms with Gasteiger partial charge in [0.25, 0.3) is 11.1 Å². The number of nitrogens with one attached hydrogen (secondary N) is 1. The van der Waals surface area contributed by atoms with E-state index in [1.54, 1.807) is 54.1 Å². The van der Waals surface area contributed by atoms with Crippen molar-refractivity contribution >= 4 is 34.5 Å². The van der Waals surface area contributed by atoms with Crippen molar-refractivity contribution in [3.63, 3.8) is 0 Å². The Balaban J connectivity index is 1.50. The molecule has 1 saturated heterocycles. The average molecular weight is 408 g/mol. The molecule has 0 radical (unpaired) electrons. The number of tetrazole rings is 1. The molecule has 3 amide bonds. The Kier molecular flexibility index (Phi) is 5.09. The zero-order valence-electron chi connectivity index (χ0n) is 15.4. The van der Waals surface area contributed by atoms with Gasteiger partial charge < -0.3 is 5.32 Å². The molecule has 1 N–H and O–H groups in total. The largest absolute Gasteiger partial charge is 0.322 e. The number of thioether (sulfide) groups is 1. The van der Waals surface area contributed by atoms with Crippen molar-refractivity contribution < 1.29 is 14.4 Å². The standard InChI is InChI=1S/C19H16N6O3S/c1-12-21-22-23-25(12)16-7-3-6-15(9-16)20-18(27)14-5-2-4-13(8-14)10-24-17(26)11-29-19(24)28/h2-9H,10-11H2,1H3,(H,20,27). The molecule has 4 rings (SSSR count). The number of nitrogens with zero attached hydrogens (tertiary/aromatic N) is 5. The molecule has 2 aromatic carbocycles. The SMILES string of the molecule is Cc1nnnn1-c1cccc(NC(=O)c2cccc(CN3C(=O)CSC3=O)c2)c1. The first-order valence-corrected chi connectivity index (χ1v) is 9.72. The van der Waals surface area contributed by atoms with E-state index in [0.717, 1.165) is 17.4 Å². The maximum Gasteiger partial charge on any atom is 0.289 e. The van der Waals surface area contributed by atoms with Gasteiger partial charge in [-0.1, -0.05) is 30.0 Å². The van der Waals surface area contributed by atoms with Crippen molar-refractivity contribution in [1.82, 2.24) is 25.1 Å². The van der Waals surface area contributed by atoms with Crippen molar-refractivity contribution in [2.75, 3.05) is 11.1 Å². The molecule has 3 aromatic rings. The number of anilines is 1. The van der Waals surface area contributed by atoms with Crippen LogP contribution in [0, 0.1) is 6.92 Å². The van der Waals surface area contributed by atoms with Gasteiger partial charge in [0.15, 0.2) is 5.82 Å². The Labute approximate surface area is 170 Å². The molecule has 29 heavy (non-hydrogen) atoms. The topological polar surface area (TPSA) is 110 Å². The van der Waals surface area contributed by atoms with Crippen LogP contribution in [0.25, 0.3) is 5.69 Å². The van der Waals surface area contributed by atoms with Crippen LogP contribution < -0.4 is 5.32 Å². The summed E-state index contributed by atoms with van der Waals surface area (Å²) in [6.45, 7) is 1.94. The lowest BCUT2D eigenvalue weighted by Crippen LogP contribution is -2.28. The minimum absolute atomic E-state index is 0.153. The molecular weight excluding hydrogens is 392 g/mol. The lowest BCUT2D eigenvalue weighted by atomic mass is 10.1. The van der Waals surface area contributed by atoms with Gasteiger partial charge in [0.05, 0.1) is 18.0 Å². The van der Waals surface area contributed by atoms with E-state index in [9.17, 15) is 14.4 Å². The van der Waals surface area contributed by atoms with Crippen molar-refractivity contribution in [2.45, 2.75) is 13.5 Å². The number of benzene rings is 2. The molecule has 1 aromatic heterocycles. The third-order valence-corrected chi connectivity index (χ3v) is 5.20. The fourth-order valence-corrected chi connectivity index (χ4v) is 3.64. The van der Waals surface area contributed by atoms with Gasteiger partial charge in [-0.2, -0.15) is 4.68 Å². The average Bonchev–Trinajstić information content (AvgIpc) is 3.29. The quantitative estimate of drug-likeness (QED) is 0.690. The van der Waals surface area contributed by atoms with Crippen LogP contribution in [0.1, 0.15) is 21.7 Å². The van der Waals surface area contributed by atoms with Gasteiger partial charge >= 0.3 is 0 Å². The molecule has 0 spiro atoms. The van der Waals surface area contributed by atoms with E-state index in [0.29, 0.717) is 22.6 Å². The monoisotopic (exact) mass is 408 g/mol. The maximum atomic E-state index is 12.7. The van der Waals surface area contributed by atoms with Crippen LogP contribution in [0.2, 0.25) is 0 Å². The maximum absolute atomic E-state index is 12.7. The van der Waals surface area contributed by atoms with E-state index in [1.807, 2.05) is 6.07 Å². The van der Waals surface area contributed by atoms with Crippen molar-refractivity contribution in [3.8, 4) is 5.69 Å². The second kappa shape index (κ2) is 7.84. The van der Waals surface area contributed by atoms with Gasteiger partial charge in [-0.25, -0.2) is 0 Å². The zero-order valence-corrected chi connectivity index (χ0v) is 16.2. The molecule has 10 heteroatoms. The zero-order chi connectivity index (χ0) is 20.4. The van der Waals surface area contributed by atoms with Crippen molar-refractivity contribution in [3.05, 3.63) is 65.5 Å². The summed E-state index contributed by atoms with van der Waals surface area (Å²) in [6, 6.07) is 14.0. The smallest absolute Gasteiger partial charge is 0.289 e. The summed E-state index contributed by atoms with van der Waals surface area (Å²) < 4.78 is 1.57. The predicted molar refractivity (Wildman–Crippen MR) is 107 cm³/mol. The summed E-state index contributed by atoms with van der Waals surface area (Å²) in [5.41, 5.74) is 2.45. The van der Waals surface area contributed by atoms with Crippen LogP contribution in [0.5, 0.6) is 0 Å². The first-order chi connectivity index (χ1) is 14.0. The van der Waals surface area contributed by atoms with Crippen LogP contribution >= 0.6 is 11.8 Å². The number of aromatic nitrogens is 4. The summed E-state index contributed by atoms with van der Waals surface area (Å²) in [6.07, 6.45) is 0. The van der Waals surface area contributed by atoms with Gasteiger partial charge in [0, 0.05) is 11.3 Å². The van der Waals surface area contributed by atoms with Crippen molar-refractivity contribution in [2.24, 2.45) is 0 Å².